The van der Waals surface area contributed by atoms with E-state index in [1.807, 2.05) is 32.0 Å². The number of thiocarbonyl (C=S) groups is 1. The molecular formula is C24H32N4O3S2. The predicted octanol–water partition coefficient (Wildman–Crippen LogP) is 4.12. The van der Waals surface area contributed by atoms with Crippen LogP contribution in [0.3, 0.4) is 0 Å². The summed E-state index contributed by atoms with van der Waals surface area (Å²) in [6, 6.07) is 11.5. The maximum atomic E-state index is 13.3. The van der Waals surface area contributed by atoms with Gasteiger partial charge in [0.1, 0.15) is 0 Å². The lowest BCUT2D eigenvalue weighted by Crippen LogP contribution is -2.40. The molecule has 2 aliphatic rings. The van der Waals surface area contributed by atoms with E-state index < -0.39 is 10.0 Å². The van der Waals surface area contributed by atoms with Crippen LogP contribution in [-0.4, -0.2) is 57.2 Å². The minimum Gasteiger partial charge on any atom is -0.379 e. The molecule has 0 radical (unpaired) electrons. The molecule has 0 amide bonds. The molecule has 0 atom stereocenters. The lowest BCUT2D eigenvalue weighted by molar-refractivity contribution is 0.0730. The number of benzene rings is 2. The lowest BCUT2D eigenvalue weighted by atomic mass is 10.1. The number of morpholine rings is 1. The highest BCUT2D eigenvalue weighted by Gasteiger charge is 2.28. The Morgan fingerprint density at radius 1 is 0.909 bits per heavy atom. The van der Waals surface area contributed by atoms with Crippen LogP contribution >= 0.6 is 12.2 Å². The Bertz CT molecular complexity index is 1090. The van der Waals surface area contributed by atoms with Gasteiger partial charge in [-0.15, -0.1) is 0 Å². The van der Waals surface area contributed by atoms with Gasteiger partial charge in [-0.1, -0.05) is 6.07 Å². The third-order valence-corrected chi connectivity index (χ3v) is 8.10. The van der Waals surface area contributed by atoms with Gasteiger partial charge >= 0.3 is 0 Å². The molecule has 4 rings (SSSR count). The molecule has 0 bridgehead atoms. The molecule has 2 aliphatic heterocycles. The van der Waals surface area contributed by atoms with Crippen LogP contribution in [0.25, 0.3) is 0 Å². The summed E-state index contributed by atoms with van der Waals surface area (Å²) in [5.74, 6) is 0. The molecule has 2 N–H and O–H groups in total. The second kappa shape index (κ2) is 10.4. The first-order valence-electron chi connectivity index (χ1n) is 11.5. The van der Waals surface area contributed by atoms with Gasteiger partial charge in [0.05, 0.1) is 29.5 Å². The van der Waals surface area contributed by atoms with Crippen LogP contribution in [0.2, 0.25) is 0 Å². The number of piperidine rings is 1. The van der Waals surface area contributed by atoms with E-state index in [4.69, 9.17) is 17.0 Å². The molecule has 0 aromatic heterocycles. The van der Waals surface area contributed by atoms with E-state index in [0.29, 0.717) is 37.1 Å². The largest absolute Gasteiger partial charge is 0.379 e. The smallest absolute Gasteiger partial charge is 0.243 e. The highest BCUT2D eigenvalue weighted by atomic mass is 32.2. The van der Waals surface area contributed by atoms with Crippen LogP contribution in [0.5, 0.6) is 0 Å². The van der Waals surface area contributed by atoms with Gasteiger partial charge in [-0.05, 0) is 86.8 Å². The van der Waals surface area contributed by atoms with Crippen LogP contribution in [-0.2, 0) is 14.8 Å². The Morgan fingerprint density at radius 3 is 2.24 bits per heavy atom. The van der Waals surface area contributed by atoms with E-state index in [0.717, 1.165) is 48.4 Å². The van der Waals surface area contributed by atoms with Crippen molar-refractivity contribution in [3.63, 3.8) is 0 Å². The van der Waals surface area contributed by atoms with Gasteiger partial charge in [-0.2, -0.15) is 4.31 Å². The van der Waals surface area contributed by atoms with Crippen molar-refractivity contribution in [3.8, 4) is 0 Å². The number of anilines is 3. The minimum absolute atomic E-state index is 0.266. The summed E-state index contributed by atoms with van der Waals surface area (Å²) in [5, 5.41) is 6.96. The Kier molecular flexibility index (Phi) is 7.53. The zero-order valence-electron chi connectivity index (χ0n) is 19.3. The minimum atomic E-state index is -3.61. The molecule has 2 saturated heterocycles. The lowest BCUT2D eigenvalue weighted by Gasteiger charge is -2.31. The molecule has 2 aromatic rings. The molecule has 2 fully saturated rings. The first kappa shape index (κ1) is 23.9. The summed E-state index contributed by atoms with van der Waals surface area (Å²) in [6.45, 7) is 7.55. The zero-order chi connectivity index (χ0) is 23.4. The highest BCUT2D eigenvalue weighted by Crippen LogP contribution is 2.32. The molecule has 9 heteroatoms. The van der Waals surface area contributed by atoms with Crippen LogP contribution in [0.4, 0.5) is 17.1 Å². The summed E-state index contributed by atoms with van der Waals surface area (Å²) >= 11 is 5.61. The van der Waals surface area contributed by atoms with Gasteiger partial charge in [-0.3, -0.25) is 0 Å². The van der Waals surface area contributed by atoms with Crippen LogP contribution in [0.1, 0.15) is 30.4 Å². The van der Waals surface area contributed by atoms with E-state index >= 15 is 0 Å². The van der Waals surface area contributed by atoms with Crippen LogP contribution in [0, 0.1) is 13.8 Å². The second-order valence-electron chi connectivity index (χ2n) is 8.70. The molecule has 178 valence electrons. The molecule has 33 heavy (non-hydrogen) atoms. The maximum absolute atomic E-state index is 13.3. The summed E-state index contributed by atoms with van der Waals surface area (Å²) in [4.78, 5) is 2.57. The molecule has 0 aliphatic carbocycles. The van der Waals surface area contributed by atoms with Gasteiger partial charge in [0.25, 0.3) is 0 Å². The molecule has 0 unspecified atom stereocenters. The van der Waals surface area contributed by atoms with Crippen molar-refractivity contribution < 1.29 is 13.2 Å². The third kappa shape index (κ3) is 5.84. The summed E-state index contributed by atoms with van der Waals surface area (Å²) < 4.78 is 33.3. The van der Waals surface area contributed by atoms with Crippen molar-refractivity contribution in [1.29, 1.82) is 0 Å². The van der Waals surface area contributed by atoms with Gasteiger partial charge in [0.2, 0.25) is 10.0 Å². The standard InChI is InChI=1S/C24H32N4O3S2/c1-18-14-19(2)16-20(15-18)25-24(32)26-22-17-21(33(29,30)28-10-12-31-13-11-28)6-7-23(22)27-8-4-3-5-9-27/h6-7,14-17H,3-5,8-13H2,1-2H3,(H2,25,26,32). The average molecular weight is 489 g/mol. The van der Waals surface area contributed by atoms with E-state index in [9.17, 15) is 8.42 Å². The van der Waals surface area contributed by atoms with Gasteiger partial charge in [0.15, 0.2) is 5.11 Å². The molecule has 2 heterocycles. The van der Waals surface area contributed by atoms with E-state index in [2.05, 4.69) is 21.6 Å². The van der Waals surface area contributed by atoms with Gasteiger partial charge in [0, 0.05) is 31.9 Å². The normalized spacial score (nSPS) is 17.6. The van der Waals surface area contributed by atoms with Crippen molar-refractivity contribution in [2.45, 2.75) is 38.0 Å². The number of nitrogens with zero attached hydrogens (tertiary/aromatic N) is 2. The number of ether oxygens (including phenoxy) is 1. The van der Waals surface area contributed by atoms with Crippen LogP contribution in [0.15, 0.2) is 41.3 Å². The van der Waals surface area contributed by atoms with Crippen molar-refractivity contribution in [2.75, 3.05) is 54.9 Å². The number of nitrogens with one attached hydrogen (secondary N) is 2. The maximum Gasteiger partial charge on any atom is 0.243 e. The van der Waals surface area contributed by atoms with Crippen LogP contribution < -0.4 is 15.5 Å². The average Bonchev–Trinajstić information content (AvgIpc) is 2.79. The Morgan fingerprint density at radius 2 is 1.58 bits per heavy atom. The topological polar surface area (TPSA) is 73.9 Å². The van der Waals surface area contributed by atoms with E-state index in [1.165, 1.54) is 10.7 Å². The van der Waals surface area contributed by atoms with Gasteiger partial charge in [-0.25, -0.2) is 8.42 Å². The molecular weight excluding hydrogens is 456 g/mol. The zero-order valence-corrected chi connectivity index (χ0v) is 20.9. The highest BCUT2D eigenvalue weighted by molar-refractivity contribution is 7.89. The Hall–Kier alpha value is -2.20. The van der Waals surface area contributed by atoms with E-state index in [-0.39, 0.29) is 4.90 Å². The monoisotopic (exact) mass is 488 g/mol. The first-order chi connectivity index (χ1) is 15.8. The van der Waals surface area contributed by atoms with Crippen molar-refractivity contribution >= 4 is 44.4 Å². The first-order valence-corrected chi connectivity index (χ1v) is 13.3. The fourth-order valence-electron chi connectivity index (χ4n) is 4.45. The van der Waals surface area contributed by atoms with E-state index in [1.54, 1.807) is 12.1 Å². The molecule has 0 spiro atoms. The summed E-state index contributed by atoms with van der Waals surface area (Å²) in [6.07, 6.45) is 3.46. The van der Waals surface area contributed by atoms with Crippen molar-refractivity contribution in [2.24, 2.45) is 0 Å². The molecule has 7 nitrogen and oxygen atoms in total. The number of hydrogen-bond acceptors (Lipinski definition) is 5. The Balaban J connectivity index is 1.62. The second-order valence-corrected chi connectivity index (χ2v) is 11.0. The fraction of sp³-hybridized carbons (Fsp3) is 0.458. The third-order valence-electron chi connectivity index (χ3n) is 6.00. The predicted molar refractivity (Wildman–Crippen MR) is 138 cm³/mol. The molecule has 2 aromatic carbocycles. The summed E-state index contributed by atoms with van der Waals surface area (Å²) in [5.41, 5.74) is 4.87. The number of hydrogen-bond donors (Lipinski definition) is 2. The molecule has 0 saturated carbocycles. The number of rotatable bonds is 5. The van der Waals surface area contributed by atoms with Gasteiger partial charge < -0.3 is 20.3 Å². The number of aryl methyl sites for hydroxylation is 2. The van der Waals surface area contributed by atoms with Crippen molar-refractivity contribution in [1.82, 2.24) is 4.31 Å². The van der Waals surface area contributed by atoms with Crippen molar-refractivity contribution in [3.05, 3.63) is 47.5 Å². The quantitative estimate of drug-likeness (QED) is 0.613. The SMILES string of the molecule is Cc1cc(C)cc(NC(=S)Nc2cc(S(=O)(=O)N3CCOCC3)ccc2N2CCCCC2)c1. The fourth-order valence-corrected chi connectivity index (χ4v) is 6.12. The summed E-state index contributed by atoms with van der Waals surface area (Å²) in [7, 11) is -3.61. The number of sulfonamides is 1. The Labute approximate surface area is 202 Å².